The highest BCUT2D eigenvalue weighted by atomic mass is 32.2. The van der Waals surface area contributed by atoms with Gasteiger partial charge in [-0.3, -0.25) is 13.9 Å². The largest absolute Gasteiger partial charge is 0.326 e. The lowest BCUT2D eigenvalue weighted by atomic mass is 10.1. The molecule has 8 nitrogen and oxygen atoms in total. The van der Waals surface area contributed by atoms with E-state index in [2.05, 4.69) is 15.8 Å². The number of hydrazone groups is 1. The molecule has 0 saturated heterocycles. The van der Waals surface area contributed by atoms with Gasteiger partial charge in [-0.2, -0.15) is 5.10 Å². The second kappa shape index (κ2) is 9.28. The van der Waals surface area contributed by atoms with Crippen molar-refractivity contribution in [3.63, 3.8) is 0 Å². The molecule has 10 heteroatoms. The fraction of sp³-hybridized carbons (Fsp3) is 0.211. The van der Waals surface area contributed by atoms with E-state index in [9.17, 15) is 22.4 Å². The Labute approximate surface area is 168 Å². The molecular weight excluding hydrogens is 399 g/mol. The van der Waals surface area contributed by atoms with Crippen LogP contribution in [-0.2, 0) is 19.6 Å². The van der Waals surface area contributed by atoms with Crippen LogP contribution in [-0.4, -0.2) is 38.7 Å². The number of benzene rings is 2. The third-order valence-corrected chi connectivity index (χ3v) is 4.90. The minimum Gasteiger partial charge on any atom is -0.326 e. The topological polar surface area (TPSA) is 108 Å². The molecule has 0 aliphatic heterocycles. The lowest BCUT2D eigenvalue weighted by molar-refractivity contribution is -0.119. The van der Waals surface area contributed by atoms with Crippen LogP contribution in [0, 0.1) is 5.82 Å². The fourth-order valence-electron chi connectivity index (χ4n) is 2.41. The quantitative estimate of drug-likeness (QED) is 0.528. The number of carbonyl (C=O) groups is 2. The van der Waals surface area contributed by atoms with Crippen molar-refractivity contribution in [3.8, 4) is 0 Å². The first kappa shape index (κ1) is 22.0. The number of anilines is 2. The molecule has 0 aromatic heterocycles. The molecule has 154 valence electrons. The number of nitrogens with one attached hydrogen (secondary N) is 2. The van der Waals surface area contributed by atoms with Crippen molar-refractivity contribution in [1.82, 2.24) is 5.43 Å². The standard InChI is InChI=1S/C19H21FN4O4S/c1-13(15-7-9-17(10-8-15)21-14(2)25)22-23-19(26)12-24(29(3,27)28)18-6-4-5-16(20)11-18/h4-11H,12H2,1-3H3,(H,21,25)(H,23,26)/b22-13-. The minimum atomic E-state index is -3.81. The normalized spacial score (nSPS) is 11.7. The molecule has 0 spiro atoms. The smallest absolute Gasteiger partial charge is 0.260 e. The number of carbonyl (C=O) groups excluding carboxylic acids is 2. The van der Waals surface area contributed by atoms with Gasteiger partial charge in [0.25, 0.3) is 5.91 Å². The van der Waals surface area contributed by atoms with E-state index in [4.69, 9.17) is 0 Å². The second-order valence-corrected chi connectivity index (χ2v) is 8.15. The number of amides is 2. The SMILES string of the molecule is CC(=O)Nc1ccc(/C(C)=N\NC(=O)CN(c2cccc(F)c2)S(C)(=O)=O)cc1. The number of nitrogens with zero attached hydrogens (tertiary/aromatic N) is 2. The first-order chi connectivity index (χ1) is 13.6. The van der Waals surface area contributed by atoms with Crippen LogP contribution >= 0.6 is 0 Å². The highest BCUT2D eigenvalue weighted by molar-refractivity contribution is 7.92. The molecule has 0 unspecified atom stereocenters. The first-order valence-electron chi connectivity index (χ1n) is 8.50. The van der Waals surface area contributed by atoms with Crippen LogP contribution < -0.4 is 15.0 Å². The molecule has 2 aromatic carbocycles. The van der Waals surface area contributed by atoms with Crippen molar-refractivity contribution in [3.05, 3.63) is 59.9 Å². The molecule has 2 N–H and O–H groups in total. The molecule has 0 heterocycles. The van der Waals surface area contributed by atoms with Crippen LogP contribution in [0.15, 0.2) is 53.6 Å². The van der Waals surface area contributed by atoms with E-state index in [0.717, 1.165) is 16.6 Å². The summed E-state index contributed by atoms with van der Waals surface area (Å²) >= 11 is 0. The van der Waals surface area contributed by atoms with Gasteiger partial charge in [0.2, 0.25) is 15.9 Å². The molecule has 0 aliphatic rings. The van der Waals surface area contributed by atoms with Crippen molar-refractivity contribution >= 4 is 38.9 Å². The second-order valence-electron chi connectivity index (χ2n) is 6.24. The predicted octanol–water partition coefficient (Wildman–Crippen LogP) is 2.09. The van der Waals surface area contributed by atoms with Crippen molar-refractivity contribution in [2.75, 3.05) is 22.4 Å². The zero-order valence-corrected chi connectivity index (χ0v) is 17.0. The third-order valence-electron chi connectivity index (χ3n) is 3.76. The Morgan fingerprint density at radius 1 is 1.10 bits per heavy atom. The molecule has 0 saturated carbocycles. The summed E-state index contributed by atoms with van der Waals surface area (Å²) in [6, 6.07) is 11.8. The van der Waals surface area contributed by atoms with Crippen LogP contribution in [0.2, 0.25) is 0 Å². The number of halogens is 1. The summed E-state index contributed by atoms with van der Waals surface area (Å²) in [4.78, 5) is 23.2. The summed E-state index contributed by atoms with van der Waals surface area (Å²) in [5, 5.41) is 6.60. The van der Waals surface area contributed by atoms with Crippen LogP contribution in [0.4, 0.5) is 15.8 Å². The Morgan fingerprint density at radius 3 is 2.31 bits per heavy atom. The van der Waals surface area contributed by atoms with E-state index in [1.54, 1.807) is 31.2 Å². The third kappa shape index (κ3) is 6.68. The molecule has 0 bridgehead atoms. The molecule has 2 amide bonds. The van der Waals surface area contributed by atoms with Crippen LogP contribution in [0.25, 0.3) is 0 Å². The molecule has 2 aromatic rings. The van der Waals surface area contributed by atoms with Gasteiger partial charge >= 0.3 is 0 Å². The maximum Gasteiger partial charge on any atom is 0.260 e. The van der Waals surface area contributed by atoms with Crippen molar-refractivity contribution in [1.29, 1.82) is 0 Å². The van der Waals surface area contributed by atoms with E-state index < -0.39 is 28.3 Å². The molecule has 0 fully saturated rings. The van der Waals surface area contributed by atoms with Crippen LogP contribution in [0.5, 0.6) is 0 Å². The average Bonchev–Trinajstić information content (AvgIpc) is 2.63. The Hall–Kier alpha value is -3.27. The van der Waals surface area contributed by atoms with E-state index in [1.165, 1.54) is 25.1 Å². The van der Waals surface area contributed by atoms with Crippen molar-refractivity contribution < 1.29 is 22.4 Å². The molecular formula is C19H21FN4O4S. The van der Waals surface area contributed by atoms with E-state index in [-0.39, 0.29) is 11.6 Å². The van der Waals surface area contributed by atoms with Crippen molar-refractivity contribution in [2.45, 2.75) is 13.8 Å². The van der Waals surface area contributed by atoms with Gasteiger partial charge in [0.15, 0.2) is 0 Å². The van der Waals surface area contributed by atoms with Gasteiger partial charge in [-0.15, -0.1) is 0 Å². The monoisotopic (exact) mass is 420 g/mol. The summed E-state index contributed by atoms with van der Waals surface area (Å²) in [7, 11) is -3.81. The zero-order valence-electron chi connectivity index (χ0n) is 16.1. The van der Waals surface area contributed by atoms with Crippen molar-refractivity contribution in [2.24, 2.45) is 5.10 Å². The summed E-state index contributed by atoms with van der Waals surface area (Å²) in [5.41, 5.74) is 4.13. The number of hydrogen-bond donors (Lipinski definition) is 2. The van der Waals surface area contributed by atoms with E-state index >= 15 is 0 Å². The maximum absolute atomic E-state index is 13.4. The van der Waals surface area contributed by atoms with Gasteiger partial charge in [0.1, 0.15) is 12.4 Å². The number of sulfonamides is 1. The van der Waals surface area contributed by atoms with Gasteiger partial charge in [-0.05, 0) is 42.8 Å². The fourth-order valence-corrected chi connectivity index (χ4v) is 3.25. The lowest BCUT2D eigenvalue weighted by Crippen LogP contribution is -2.39. The molecule has 0 radical (unpaired) electrons. The summed E-state index contributed by atoms with van der Waals surface area (Å²) in [5.74, 6) is -1.49. The van der Waals surface area contributed by atoms with Gasteiger partial charge in [0.05, 0.1) is 17.7 Å². The van der Waals surface area contributed by atoms with Gasteiger partial charge in [-0.1, -0.05) is 18.2 Å². The molecule has 2 rings (SSSR count). The highest BCUT2D eigenvalue weighted by Crippen LogP contribution is 2.18. The Morgan fingerprint density at radius 2 is 1.76 bits per heavy atom. The number of rotatable bonds is 7. The van der Waals surface area contributed by atoms with Gasteiger partial charge in [-0.25, -0.2) is 18.2 Å². The summed E-state index contributed by atoms with van der Waals surface area (Å²) in [6.07, 6.45) is 0.927. The average molecular weight is 420 g/mol. The predicted molar refractivity (Wildman–Crippen MR) is 110 cm³/mol. The molecule has 0 aliphatic carbocycles. The minimum absolute atomic E-state index is 0.0388. The van der Waals surface area contributed by atoms with Gasteiger partial charge in [0, 0.05) is 12.6 Å². The van der Waals surface area contributed by atoms with Crippen LogP contribution in [0.3, 0.4) is 0 Å². The maximum atomic E-state index is 13.4. The Bertz CT molecular complexity index is 1040. The van der Waals surface area contributed by atoms with E-state index in [1.807, 2.05) is 0 Å². The highest BCUT2D eigenvalue weighted by Gasteiger charge is 2.21. The lowest BCUT2D eigenvalue weighted by Gasteiger charge is -2.21. The van der Waals surface area contributed by atoms with Crippen LogP contribution in [0.1, 0.15) is 19.4 Å². The first-order valence-corrected chi connectivity index (χ1v) is 10.4. The summed E-state index contributed by atoms with van der Waals surface area (Å²) in [6.45, 7) is 2.51. The zero-order chi connectivity index (χ0) is 21.6. The van der Waals surface area contributed by atoms with Gasteiger partial charge < -0.3 is 5.32 Å². The Balaban J connectivity index is 2.08. The molecule has 29 heavy (non-hydrogen) atoms. The summed E-state index contributed by atoms with van der Waals surface area (Å²) < 4.78 is 38.2. The van der Waals surface area contributed by atoms with E-state index in [0.29, 0.717) is 17.0 Å². The molecule has 0 atom stereocenters. The number of hydrogen-bond acceptors (Lipinski definition) is 5. The Kier molecular flexibility index (Phi) is 7.05.